The Morgan fingerprint density at radius 1 is 1.53 bits per heavy atom. The highest BCUT2D eigenvalue weighted by atomic mass is 16.6. The van der Waals surface area contributed by atoms with Crippen LogP contribution >= 0.6 is 0 Å². The number of hydrogen-bond donors (Lipinski definition) is 0. The Bertz CT molecular complexity index is 540. The second-order valence-corrected chi connectivity index (χ2v) is 4.63. The summed E-state index contributed by atoms with van der Waals surface area (Å²) in [6.07, 6.45) is -0.137. The van der Waals surface area contributed by atoms with E-state index in [4.69, 9.17) is 9.47 Å². The van der Waals surface area contributed by atoms with Gasteiger partial charge in [-0.05, 0) is 19.1 Å². The van der Waals surface area contributed by atoms with E-state index >= 15 is 0 Å². The molecule has 0 saturated carbocycles. The normalized spacial score (nSPS) is 20.6. The van der Waals surface area contributed by atoms with Gasteiger partial charge in [0.05, 0.1) is 18.8 Å². The lowest BCUT2D eigenvalue weighted by molar-refractivity contribution is -0.151. The molecule has 1 atom stereocenters. The van der Waals surface area contributed by atoms with E-state index in [0.29, 0.717) is 37.4 Å². The summed E-state index contributed by atoms with van der Waals surface area (Å²) >= 11 is 0. The number of para-hydroxylation sites is 1. The number of nitrogens with zero attached hydrogens (tertiary/aromatic N) is 1. The average Bonchev–Trinajstić information content (AvgIpc) is 2.43. The number of carbonyl (C=O) groups excluding carboxylic acids is 2. The third-order valence-corrected chi connectivity index (χ3v) is 3.43. The minimum Gasteiger partial charge on any atom is -0.475 e. The van der Waals surface area contributed by atoms with Gasteiger partial charge in [0.2, 0.25) is 6.10 Å². The molecule has 100 valence electrons. The molecule has 2 aliphatic heterocycles. The molecule has 0 aromatic heterocycles. The molecule has 1 aromatic carbocycles. The topological polar surface area (TPSA) is 55.8 Å². The molecule has 2 heterocycles. The summed E-state index contributed by atoms with van der Waals surface area (Å²) in [6.45, 7) is 3.18. The predicted molar refractivity (Wildman–Crippen MR) is 68.7 cm³/mol. The molecule has 5 nitrogen and oxygen atoms in total. The van der Waals surface area contributed by atoms with Gasteiger partial charge in [0.25, 0.3) is 0 Å². The molecule has 1 unspecified atom stereocenters. The number of ketones is 1. The smallest absolute Gasteiger partial charge is 0.349 e. The molecule has 0 N–H and O–H groups in total. The van der Waals surface area contributed by atoms with Crippen molar-refractivity contribution >= 4 is 17.4 Å². The van der Waals surface area contributed by atoms with Gasteiger partial charge in [0, 0.05) is 18.5 Å². The highest BCUT2D eigenvalue weighted by Gasteiger charge is 2.36. The van der Waals surface area contributed by atoms with Gasteiger partial charge < -0.3 is 14.4 Å². The number of rotatable bonds is 2. The summed E-state index contributed by atoms with van der Waals surface area (Å²) in [5, 5.41) is 0. The number of Topliss-reactive ketones (excluding diaryl/α,β-unsaturated/α-hetero) is 1. The molecule has 3 rings (SSSR count). The van der Waals surface area contributed by atoms with Crippen LogP contribution in [0.2, 0.25) is 0 Å². The van der Waals surface area contributed by atoms with Crippen LogP contribution in [-0.4, -0.2) is 37.6 Å². The maximum absolute atomic E-state index is 11.9. The van der Waals surface area contributed by atoms with Crippen LogP contribution in [0.25, 0.3) is 0 Å². The Kier molecular flexibility index (Phi) is 2.89. The molecule has 0 amide bonds. The molecule has 0 spiro atoms. The predicted octanol–water partition coefficient (Wildman–Crippen LogP) is 1.40. The van der Waals surface area contributed by atoms with Gasteiger partial charge in [-0.15, -0.1) is 0 Å². The largest absolute Gasteiger partial charge is 0.475 e. The zero-order chi connectivity index (χ0) is 13.4. The van der Waals surface area contributed by atoms with E-state index in [1.165, 1.54) is 0 Å². The molecular formula is C14H15NO4. The summed E-state index contributed by atoms with van der Waals surface area (Å²) in [4.78, 5) is 25.7. The zero-order valence-electron chi connectivity index (χ0n) is 10.7. The van der Waals surface area contributed by atoms with E-state index < -0.39 is 6.10 Å². The van der Waals surface area contributed by atoms with Crippen molar-refractivity contribution in [1.29, 1.82) is 0 Å². The van der Waals surface area contributed by atoms with Crippen molar-refractivity contribution in [2.75, 3.05) is 24.6 Å². The number of esters is 1. The van der Waals surface area contributed by atoms with Crippen molar-refractivity contribution in [2.45, 2.75) is 19.4 Å². The first kappa shape index (κ1) is 12.0. The fourth-order valence-electron chi connectivity index (χ4n) is 2.58. The molecule has 0 aliphatic carbocycles. The first-order valence-electron chi connectivity index (χ1n) is 6.45. The van der Waals surface area contributed by atoms with E-state index in [1.807, 2.05) is 4.90 Å². The van der Waals surface area contributed by atoms with Crippen molar-refractivity contribution in [3.63, 3.8) is 0 Å². The highest BCUT2D eigenvalue weighted by molar-refractivity contribution is 6.05. The van der Waals surface area contributed by atoms with E-state index in [2.05, 4.69) is 0 Å². The van der Waals surface area contributed by atoms with Gasteiger partial charge in [-0.2, -0.15) is 0 Å². The Labute approximate surface area is 111 Å². The van der Waals surface area contributed by atoms with E-state index in [0.717, 1.165) is 5.69 Å². The molecule has 0 saturated heterocycles. The Morgan fingerprint density at radius 3 is 3.16 bits per heavy atom. The van der Waals surface area contributed by atoms with Crippen LogP contribution in [0, 0.1) is 0 Å². The van der Waals surface area contributed by atoms with Crippen LogP contribution in [0.4, 0.5) is 5.69 Å². The van der Waals surface area contributed by atoms with Gasteiger partial charge in [-0.1, -0.05) is 6.07 Å². The molecule has 2 aliphatic rings. The van der Waals surface area contributed by atoms with E-state index in [1.54, 1.807) is 25.1 Å². The second-order valence-electron chi connectivity index (χ2n) is 4.63. The number of anilines is 1. The van der Waals surface area contributed by atoms with Crippen molar-refractivity contribution in [3.05, 3.63) is 23.8 Å². The second kappa shape index (κ2) is 4.57. The molecule has 0 bridgehead atoms. The van der Waals surface area contributed by atoms with Crippen molar-refractivity contribution in [2.24, 2.45) is 0 Å². The van der Waals surface area contributed by atoms with E-state index in [9.17, 15) is 9.59 Å². The average molecular weight is 261 g/mol. The number of carbonyl (C=O) groups is 2. The van der Waals surface area contributed by atoms with Crippen molar-refractivity contribution in [3.8, 4) is 5.75 Å². The number of benzene rings is 1. The molecule has 0 fully saturated rings. The quantitative estimate of drug-likeness (QED) is 0.753. The SMILES string of the molecule is CCOC(=O)C1CN2CCC(=O)c3cccc(c32)O1. The lowest BCUT2D eigenvalue weighted by Gasteiger charge is -2.38. The fourth-order valence-corrected chi connectivity index (χ4v) is 2.58. The molecule has 0 radical (unpaired) electrons. The maximum atomic E-state index is 11.9. The van der Waals surface area contributed by atoms with Gasteiger partial charge in [-0.3, -0.25) is 4.79 Å². The molecule has 5 heteroatoms. The number of hydrogen-bond acceptors (Lipinski definition) is 5. The molecular weight excluding hydrogens is 246 g/mol. The first-order valence-corrected chi connectivity index (χ1v) is 6.45. The highest BCUT2D eigenvalue weighted by Crippen LogP contribution is 2.39. The summed E-state index contributed by atoms with van der Waals surface area (Å²) in [5.74, 6) is 0.372. The first-order chi connectivity index (χ1) is 9.20. The van der Waals surface area contributed by atoms with Crippen LogP contribution in [0.1, 0.15) is 23.7 Å². The lowest BCUT2D eigenvalue weighted by Crippen LogP contribution is -2.47. The molecule has 19 heavy (non-hydrogen) atoms. The fraction of sp³-hybridized carbons (Fsp3) is 0.429. The van der Waals surface area contributed by atoms with E-state index in [-0.39, 0.29) is 11.8 Å². The van der Waals surface area contributed by atoms with Gasteiger partial charge >= 0.3 is 5.97 Å². The summed E-state index contributed by atoms with van der Waals surface area (Å²) in [7, 11) is 0. The minimum atomic E-state index is -0.615. The molecule has 1 aromatic rings. The summed E-state index contributed by atoms with van der Waals surface area (Å²) in [6, 6.07) is 5.38. The van der Waals surface area contributed by atoms with Gasteiger partial charge in [-0.25, -0.2) is 4.79 Å². The van der Waals surface area contributed by atoms with Crippen molar-refractivity contribution in [1.82, 2.24) is 0 Å². The van der Waals surface area contributed by atoms with Crippen LogP contribution < -0.4 is 9.64 Å². The minimum absolute atomic E-state index is 0.131. The lowest BCUT2D eigenvalue weighted by atomic mass is 9.98. The zero-order valence-corrected chi connectivity index (χ0v) is 10.7. The van der Waals surface area contributed by atoms with Crippen LogP contribution in [0.5, 0.6) is 5.75 Å². The Hall–Kier alpha value is -2.04. The number of ether oxygens (including phenoxy) is 2. The summed E-state index contributed by atoms with van der Waals surface area (Å²) < 4.78 is 10.7. The monoisotopic (exact) mass is 261 g/mol. The van der Waals surface area contributed by atoms with Crippen LogP contribution in [0.15, 0.2) is 18.2 Å². The standard InChI is InChI=1S/C14H15NO4/c1-2-18-14(17)12-8-15-7-6-10(16)9-4-3-5-11(19-12)13(9)15/h3-5,12H,2,6-8H2,1H3. The third-order valence-electron chi connectivity index (χ3n) is 3.43. The Morgan fingerprint density at radius 2 is 2.37 bits per heavy atom. The van der Waals surface area contributed by atoms with Gasteiger partial charge in [0.1, 0.15) is 5.75 Å². The van der Waals surface area contributed by atoms with Crippen LogP contribution in [-0.2, 0) is 9.53 Å². The van der Waals surface area contributed by atoms with Gasteiger partial charge in [0.15, 0.2) is 5.78 Å². The summed E-state index contributed by atoms with van der Waals surface area (Å²) in [5.41, 5.74) is 1.50. The third kappa shape index (κ3) is 1.95. The van der Waals surface area contributed by atoms with Crippen LogP contribution in [0.3, 0.4) is 0 Å². The Balaban J connectivity index is 1.95. The van der Waals surface area contributed by atoms with Crippen molar-refractivity contribution < 1.29 is 19.1 Å². The maximum Gasteiger partial charge on any atom is 0.349 e.